The van der Waals surface area contributed by atoms with Crippen molar-refractivity contribution in [2.75, 3.05) is 11.9 Å². The molecule has 0 amide bonds. The highest BCUT2D eigenvalue weighted by atomic mass is 16.6. The third-order valence-corrected chi connectivity index (χ3v) is 3.54. The Morgan fingerprint density at radius 1 is 1.47 bits per heavy atom. The second kappa shape index (κ2) is 5.69. The zero-order valence-electron chi connectivity index (χ0n) is 10.5. The zero-order chi connectivity index (χ0) is 13.8. The minimum Gasteiger partial charge on any atom is -0.478 e. The summed E-state index contributed by atoms with van der Waals surface area (Å²) in [6.45, 7) is 0.645. The lowest BCUT2D eigenvalue weighted by molar-refractivity contribution is -0.384. The summed E-state index contributed by atoms with van der Waals surface area (Å²) in [6, 6.07) is 3.76. The van der Waals surface area contributed by atoms with Gasteiger partial charge in [-0.05, 0) is 18.4 Å². The molecular formula is C13H16N2O4. The van der Waals surface area contributed by atoms with E-state index in [2.05, 4.69) is 5.32 Å². The maximum absolute atomic E-state index is 11.1. The van der Waals surface area contributed by atoms with Crippen LogP contribution in [0.5, 0.6) is 0 Å². The lowest BCUT2D eigenvalue weighted by atomic mass is 9.83. The minimum absolute atomic E-state index is 0.0687. The summed E-state index contributed by atoms with van der Waals surface area (Å²) in [5.74, 6) is -0.375. The number of carboxylic acids is 1. The van der Waals surface area contributed by atoms with Gasteiger partial charge >= 0.3 is 5.97 Å². The number of rotatable bonds is 6. The van der Waals surface area contributed by atoms with E-state index in [1.807, 2.05) is 0 Å². The Morgan fingerprint density at radius 2 is 2.21 bits per heavy atom. The van der Waals surface area contributed by atoms with E-state index in [4.69, 9.17) is 5.11 Å². The number of hydrogen-bond acceptors (Lipinski definition) is 4. The first-order valence-electron chi connectivity index (χ1n) is 6.33. The topological polar surface area (TPSA) is 92.5 Å². The summed E-state index contributed by atoms with van der Waals surface area (Å²) in [4.78, 5) is 21.2. The fourth-order valence-corrected chi connectivity index (χ4v) is 2.17. The number of carboxylic acid groups (broad SMARTS) is 1. The van der Waals surface area contributed by atoms with Crippen LogP contribution < -0.4 is 5.32 Å². The molecule has 0 saturated heterocycles. The monoisotopic (exact) mass is 264 g/mol. The average molecular weight is 264 g/mol. The van der Waals surface area contributed by atoms with Crippen molar-refractivity contribution in [1.29, 1.82) is 0 Å². The Labute approximate surface area is 110 Å². The predicted molar refractivity (Wildman–Crippen MR) is 70.5 cm³/mol. The van der Waals surface area contributed by atoms with Crippen LogP contribution >= 0.6 is 0 Å². The molecule has 1 aromatic rings. The van der Waals surface area contributed by atoms with Crippen LogP contribution in [-0.2, 0) is 0 Å². The van der Waals surface area contributed by atoms with E-state index in [-0.39, 0.29) is 11.3 Å². The molecule has 6 nitrogen and oxygen atoms in total. The van der Waals surface area contributed by atoms with Crippen LogP contribution in [0.4, 0.5) is 11.4 Å². The summed E-state index contributed by atoms with van der Waals surface area (Å²) in [6.07, 6.45) is 4.69. The number of nitro groups is 1. The van der Waals surface area contributed by atoms with E-state index >= 15 is 0 Å². The van der Waals surface area contributed by atoms with Gasteiger partial charge in [-0.15, -0.1) is 0 Å². The lowest BCUT2D eigenvalue weighted by Gasteiger charge is -2.25. The standard InChI is InChI=1S/C13H16N2O4/c16-13(17)11-5-4-10(15(18)19)8-12(11)14-7-6-9-2-1-3-9/h4-5,8-9,14H,1-3,6-7H2,(H,16,17). The molecule has 0 spiro atoms. The highest BCUT2D eigenvalue weighted by Crippen LogP contribution is 2.29. The Balaban J connectivity index is 2.07. The molecule has 1 saturated carbocycles. The first kappa shape index (κ1) is 13.3. The largest absolute Gasteiger partial charge is 0.478 e. The molecule has 102 valence electrons. The molecule has 1 aromatic carbocycles. The van der Waals surface area contributed by atoms with Gasteiger partial charge in [0.2, 0.25) is 0 Å². The number of carbonyl (C=O) groups is 1. The Bertz CT molecular complexity index is 497. The van der Waals surface area contributed by atoms with E-state index in [1.165, 1.54) is 37.5 Å². The third-order valence-electron chi connectivity index (χ3n) is 3.54. The number of benzene rings is 1. The lowest BCUT2D eigenvalue weighted by Crippen LogP contribution is -2.16. The summed E-state index contributed by atoms with van der Waals surface area (Å²) in [7, 11) is 0. The quantitative estimate of drug-likeness (QED) is 0.608. The molecule has 1 aliphatic rings. The van der Waals surface area contributed by atoms with Crippen molar-refractivity contribution in [2.45, 2.75) is 25.7 Å². The maximum atomic E-state index is 11.1. The van der Waals surface area contributed by atoms with Crippen LogP contribution in [0.3, 0.4) is 0 Å². The molecule has 0 radical (unpaired) electrons. The maximum Gasteiger partial charge on any atom is 0.337 e. The van der Waals surface area contributed by atoms with Crippen molar-refractivity contribution < 1.29 is 14.8 Å². The fraction of sp³-hybridized carbons (Fsp3) is 0.462. The summed E-state index contributed by atoms with van der Waals surface area (Å²) < 4.78 is 0. The van der Waals surface area contributed by atoms with Crippen LogP contribution in [0.2, 0.25) is 0 Å². The van der Waals surface area contributed by atoms with Gasteiger partial charge < -0.3 is 10.4 Å². The minimum atomic E-state index is -1.08. The van der Waals surface area contributed by atoms with Crippen molar-refractivity contribution in [3.05, 3.63) is 33.9 Å². The number of hydrogen-bond donors (Lipinski definition) is 2. The van der Waals surface area contributed by atoms with Crippen LogP contribution in [0, 0.1) is 16.0 Å². The Hall–Kier alpha value is -2.11. The molecule has 6 heteroatoms. The first-order chi connectivity index (χ1) is 9.08. The predicted octanol–water partition coefficient (Wildman–Crippen LogP) is 2.90. The number of nitrogens with zero attached hydrogens (tertiary/aromatic N) is 1. The molecule has 0 bridgehead atoms. The van der Waals surface area contributed by atoms with E-state index in [9.17, 15) is 14.9 Å². The molecule has 0 aromatic heterocycles. The molecule has 0 aliphatic heterocycles. The van der Waals surface area contributed by atoms with Crippen LogP contribution in [-0.4, -0.2) is 22.5 Å². The van der Waals surface area contributed by atoms with Gasteiger partial charge in [-0.25, -0.2) is 4.79 Å². The molecule has 2 N–H and O–H groups in total. The van der Waals surface area contributed by atoms with Gasteiger partial charge in [-0.1, -0.05) is 19.3 Å². The highest BCUT2D eigenvalue weighted by Gasteiger charge is 2.18. The fourth-order valence-electron chi connectivity index (χ4n) is 2.17. The molecule has 0 unspecified atom stereocenters. The smallest absolute Gasteiger partial charge is 0.337 e. The molecular weight excluding hydrogens is 248 g/mol. The molecule has 19 heavy (non-hydrogen) atoms. The van der Waals surface area contributed by atoms with Crippen LogP contribution in [0.1, 0.15) is 36.0 Å². The molecule has 0 atom stereocenters. The SMILES string of the molecule is O=C(O)c1ccc([N+](=O)[O-])cc1NCCC1CCC1. The third kappa shape index (κ3) is 3.21. The average Bonchev–Trinajstić information content (AvgIpc) is 2.31. The number of non-ortho nitro benzene ring substituents is 1. The highest BCUT2D eigenvalue weighted by molar-refractivity contribution is 5.94. The number of anilines is 1. The second-order valence-electron chi connectivity index (χ2n) is 4.80. The Morgan fingerprint density at radius 3 is 2.74 bits per heavy atom. The summed E-state index contributed by atoms with van der Waals surface area (Å²) in [5.41, 5.74) is 0.288. The molecule has 1 fully saturated rings. The molecule has 0 heterocycles. The summed E-state index contributed by atoms with van der Waals surface area (Å²) in [5, 5.41) is 22.8. The van der Waals surface area contributed by atoms with Gasteiger partial charge in [0, 0.05) is 18.7 Å². The number of nitro benzene ring substituents is 1. The van der Waals surface area contributed by atoms with E-state index in [0.717, 1.165) is 6.42 Å². The zero-order valence-corrected chi connectivity index (χ0v) is 10.5. The van der Waals surface area contributed by atoms with Crippen molar-refractivity contribution in [1.82, 2.24) is 0 Å². The van der Waals surface area contributed by atoms with E-state index in [0.29, 0.717) is 18.2 Å². The van der Waals surface area contributed by atoms with Gasteiger partial charge in [-0.2, -0.15) is 0 Å². The van der Waals surface area contributed by atoms with E-state index in [1.54, 1.807) is 0 Å². The first-order valence-corrected chi connectivity index (χ1v) is 6.33. The number of aromatic carboxylic acids is 1. The molecule has 2 rings (SSSR count). The van der Waals surface area contributed by atoms with E-state index < -0.39 is 10.9 Å². The van der Waals surface area contributed by atoms with Gasteiger partial charge in [0.05, 0.1) is 16.2 Å². The van der Waals surface area contributed by atoms with Gasteiger partial charge in [0.15, 0.2) is 0 Å². The van der Waals surface area contributed by atoms with Crippen LogP contribution in [0.25, 0.3) is 0 Å². The summed E-state index contributed by atoms with van der Waals surface area (Å²) >= 11 is 0. The van der Waals surface area contributed by atoms with Gasteiger partial charge in [0.1, 0.15) is 0 Å². The van der Waals surface area contributed by atoms with Gasteiger partial charge in [-0.3, -0.25) is 10.1 Å². The van der Waals surface area contributed by atoms with Crippen molar-refractivity contribution >= 4 is 17.3 Å². The van der Waals surface area contributed by atoms with Crippen LogP contribution in [0.15, 0.2) is 18.2 Å². The van der Waals surface area contributed by atoms with Crippen molar-refractivity contribution in [2.24, 2.45) is 5.92 Å². The van der Waals surface area contributed by atoms with Crippen molar-refractivity contribution in [3.8, 4) is 0 Å². The van der Waals surface area contributed by atoms with Gasteiger partial charge in [0.25, 0.3) is 5.69 Å². The Kier molecular flexibility index (Phi) is 3.99. The van der Waals surface area contributed by atoms with Crippen molar-refractivity contribution in [3.63, 3.8) is 0 Å². The second-order valence-corrected chi connectivity index (χ2v) is 4.80. The molecule has 1 aliphatic carbocycles. The normalized spacial score (nSPS) is 14.7. The number of nitrogens with one attached hydrogen (secondary N) is 1.